The van der Waals surface area contributed by atoms with E-state index in [1.807, 2.05) is 11.0 Å². The zero-order valence-electron chi connectivity index (χ0n) is 26.6. The van der Waals surface area contributed by atoms with Gasteiger partial charge in [0, 0.05) is 23.6 Å². The van der Waals surface area contributed by atoms with E-state index < -0.39 is 29.8 Å². The number of aromatic nitrogens is 2. The first-order valence-corrected chi connectivity index (χ1v) is 13.9. The number of H-pyrrole nitrogens is 1. The monoisotopic (exact) mass is 669 g/mol. The summed E-state index contributed by atoms with van der Waals surface area (Å²) in [5.74, 6) is -1.20. The van der Waals surface area contributed by atoms with Crippen LogP contribution in [0, 0.1) is 18.9 Å². The Kier molecular flexibility index (Phi) is 18.5. The number of anilines is 1. The van der Waals surface area contributed by atoms with Crippen LogP contribution in [0.2, 0.25) is 0 Å². The summed E-state index contributed by atoms with van der Waals surface area (Å²) in [6, 6.07) is 8.49. The number of carboxylic acids is 2. The van der Waals surface area contributed by atoms with Crippen LogP contribution in [0.1, 0.15) is 65.5 Å². The zero-order valence-corrected chi connectivity index (χ0v) is 32.6. The maximum atomic E-state index is 12.8. The number of amides is 2. The maximum absolute atomic E-state index is 12.8. The van der Waals surface area contributed by atoms with E-state index in [-0.39, 0.29) is 150 Å². The van der Waals surface area contributed by atoms with Crippen LogP contribution in [0.15, 0.2) is 41.2 Å². The third-order valence-corrected chi connectivity index (χ3v) is 7.32. The van der Waals surface area contributed by atoms with Crippen LogP contribution in [0.4, 0.5) is 5.69 Å². The predicted octanol–water partition coefficient (Wildman–Crippen LogP) is -10.0. The van der Waals surface area contributed by atoms with E-state index in [9.17, 15) is 39.3 Å². The van der Waals surface area contributed by atoms with Gasteiger partial charge in [0.25, 0.3) is 11.5 Å². The second-order valence-electron chi connectivity index (χ2n) is 10.2. The third-order valence-electron chi connectivity index (χ3n) is 7.32. The summed E-state index contributed by atoms with van der Waals surface area (Å²) in [6.07, 6.45) is 6.43. The second kappa shape index (κ2) is 20.3. The Bertz CT molecular complexity index is 1680. The molecular formula is C31H30N5Na3O8. The minimum absolute atomic E-state index is 0. The van der Waals surface area contributed by atoms with Crippen molar-refractivity contribution >= 4 is 40.3 Å². The fraction of sp³-hybridized carbons (Fsp3) is 0.323. The summed E-state index contributed by atoms with van der Waals surface area (Å²) >= 11 is 0. The SMILES string of the molecule is C#CCN(c1ccc(C(=O)N[C@@H](CCC(=O)N[CH-]CCC(=O)[O-])C(=O)[O-])cc1)[C@H]1CCc2cc3nc(CO)[nH]c(=O)c3cc21.[Na+].[Na+].[Na+]. The zero-order chi connectivity index (χ0) is 31.8. The maximum Gasteiger partial charge on any atom is 1.00 e. The summed E-state index contributed by atoms with van der Waals surface area (Å²) in [5, 5.41) is 36.5. The van der Waals surface area contributed by atoms with Crippen LogP contribution in [0.25, 0.3) is 10.9 Å². The van der Waals surface area contributed by atoms with Crippen LogP contribution in [-0.4, -0.2) is 51.4 Å². The fourth-order valence-electron chi connectivity index (χ4n) is 5.17. The van der Waals surface area contributed by atoms with Crippen molar-refractivity contribution in [2.75, 3.05) is 11.4 Å². The molecule has 0 spiro atoms. The Morgan fingerprint density at radius 1 is 1.13 bits per heavy atom. The van der Waals surface area contributed by atoms with Gasteiger partial charge < -0.3 is 45.4 Å². The van der Waals surface area contributed by atoms with Gasteiger partial charge >= 0.3 is 88.7 Å². The molecule has 0 unspecified atom stereocenters. The molecule has 2 amide bonds. The molecule has 1 heterocycles. The number of fused-ring (bicyclic) bond motifs is 2. The van der Waals surface area contributed by atoms with E-state index in [0.29, 0.717) is 16.6 Å². The Morgan fingerprint density at radius 3 is 2.45 bits per heavy atom. The Balaban J connectivity index is 0.00000368. The van der Waals surface area contributed by atoms with Gasteiger partial charge in [-0.1, -0.05) is 5.92 Å². The van der Waals surface area contributed by atoms with Crippen LogP contribution in [-0.2, 0) is 27.4 Å². The minimum atomic E-state index is -1.56. The summed E-state index contributed by atoms with van der Waals surface area (Å²) in [5.41, 5.74) is 2.97. The van der Waals surface area contributed by atoms with Gasteiger partial charge in [0.15, 0.2) is 5.91 Å². The molecule has 0 saturated carbocycles. The van der Waals surface area contributed by atoms with Crippen molar-refractivity contribution in [1.29, 1.82) is 0 Å². The molecule has 47 heavy (non-hydrogen) atoms. The van der Waals surface area contributed by atoms with Crippen molar-refractivity contribution in [2.45, 2.75) is 57.2 Å². The van der Waals surface area contributed by atoms with Crippen LogP contribution < -0.4 is 120 Å². The number of aliphatic hydroxyl groups excluding tert-OH is 1. The first-order chi connectivity index (χ1) is 21.1. The van der Waals surface area contributed by atoms with Gasteiger partial charge in [0.1, 0.15) is 12.4 Å². The molecule has 16 heteroatoms. The average Bonchev–Trinajstić information content (AvgIpc) is 3.41. The van der Waals surface area contributed by atoms with E-state index in [1.165, 1.54) is 18.7 Å². The van der Waals surface area contributed by atoms with Gasteiger partial charge in [-0.25, -0.2) is 11.5 Å². The first kappa shape index (κ1) is 42.8. The molecule has 1 aliphatic carbocycles. The van der Waals surface area contributed by atoms with Crippen molar-refractivity contribution in [1.82, 2.24) is 20.6 Å². The van der Waals surface area contributed by atoms with Crippen molar-refractivity contribution in [3.05, 3.63) is 75.8 Å². The molecule has 2 atom stereocenters. The molecule has 3 aromatic rings. The van der Waals surface area contributed by atoms with Gasteiger partial charge in [0.05, 0.1) is 35.5 Å². The molecule has 0 aliphatic heterocycles. The van der Waals surface area contributed by atoms with Gasteiger partial charge in [-0.15, -0.1) is 6.42 Å². The topological polar surface area (TPSA) is 208 Å². The first-order valence-electron chi connectivity index (χ1n) is 13.9. The number of terminal acetylenes is 1. The number of aliphatic carboxylic acids is 2. The van der Waals surface area contributed by atoms with Crippen molar-refractivity contribution < 1.29 is 123 Å². The summed E-state index contributed by atoms with van der Waals surface area (Å²) in [6.45, 7) is 1.10. The normalized spacial score (nSPS) is 13.4. The van der Waals surface area contributed by atoms with Gasteiger partial charge in [-0.2, -0.15) is 6.42 Å². The standard InChI is InChI=1S/C31H32N5O8.3Na/c1-2-14-36(25-11-7-19-15-24-22(16-21(19)25)30(42)35-26(17-37)33-24)20-8-5-18(6-9-20)29(41)34-23(31(43)44)10-12-27(38)32-13-3-4-28(39)40;;;/h1,5-6,8-9,13,15-16,23,25,37H,3-4,7,10-12,14,17H2,(H,32,38)(H,34,41)(H,39,40)(H,43,44)(H,33,35,42);;;/q-1;3*+1/p-2/t23-,25-;;;/m0.../s1. The molecule has 0 radical (unpaired) electrons. The van der Waals surface area contributed by atoms with Crippen LogP contribution in [0.3, 0.4) is 0 Å². The number of aliphatic hydroxyl groups is 1. The van der Waals surface area contributed by atoms with E-state index in [0.717, 1.165) is 24.0 Å². The number of rotatable bonds is 14. The molecule has 230 valence electrons. The largest absolute Gasteiger partial charge is 1.00 e. The average molecular weight is 670 g/mol. The molecule has 1 aromatic heterocycles. The molecule has 13 nitrogen and oxygen atoms in total. The molecular weight excluding hydrogens is 639 g/mol. The molecule has 4 rings (SSSR count). The Morgan fingerprint density at radius 2 is 1.83 bits per heavy atom. The molecule has 0 fully saturated rings. The molecule has 0 saturated heterocycles. The van der Waals surface area contributed by atoms with Gasteiger partial charge in [-0.3, -0.25) is 14.4 Å². The summed E-state index contributed by atoms with van der Waals surface area (Å²) in [7, 11) is 0. The van der Waals surface area contributed by atoms with Crippen LogP contribution >= 0.6 is 0 Å². The van der Waals surface area contributed by atoms with Crippen molar-refractivity contribution in [3.8, 4) is 12.3 Å². The smallest absolute Gasteiger partial charge is 0.550 e. The van der Waals surface area contributed by atoms with E-state index >= 15 is 0 Å². The number of nitrogens with one attached hydrogen (secondary N) is 3. The Hall–Kier alpha value is -2.22. The number of aromatic amines is 1. The van der Waals surface area contributed by atoms with Gasteiger partial charge in [-0.05, 0) is 73.2 Å². The Labute approximate surface area is 337 Å². The fourth-order valence-corrected chi connectivity index (χ4v) is 5.17. The van der Waals surface area contributed by atoms with Crippen molar-refractivity contribution in [3.63, 3.8) is 0 Å². The molecule has 4 N–H and O–H groups in total. The quantitative estimate of drug-likeness (QED) is 0.0552. The number of nitrogens with zero attached hydrogens (tertiary/aromatic N) is 2. The number of aryl methyl sites for hydroxylation is 1. The number of hydrogen-bond acceptors (Lipinski definition) is 10. The van der Waals surface area contributed by atoms with E-state index in [1.54, 1.807) is 18.2 Å². The molecule has 1 aliphatic rings. The molecule has 0 bridgehead atoms. The second-order valence-corrected chi connectivity index (χ2v) is 10.2. The minimum Gasteiger partial charge on any atom is -0.550 e. The predicted molar refractivity (Wildman–Crippen MR) is 154 cm³/mol. The number of carbonyl (C=O) groups is 4. The van der Waals surface area contributed by atoms with Gasteiger partial charge in [0.2, 0.25) is 0 Å². The number of carboxylic acid groups (broad SMARTS) is 2. The number of benzene rings is 2. The third kappa shape index (κ3) is 11.4. The van der Waals surface area contributed by atoms with Crippen molar-refractivity contribution in [2.24, 2.45) is 0 Å². The summed E-state index contributed by atoms with van der Waals surface area (Å²) in [4.78, 5) is 68.3. The number of carbonyl (C=O) groups excluding carboxylic acids is 4. The van der Waals surface area contributed by atoms with E-state index in [4.69, 9.17) is 6.42 Å². The molecule has 2 aromatic carbocycles. The number of hydrogen-bond donors (Lipinski definition) is 4. The van der Waals surface area contributed by atoms with Crippen LogP contribution in [0.5, 0.6) is 0 Å². The summed E-state index contributed by atoms with van der Waals surface area (Å²) < 4.78 is 0. The van der Waals surface area contributed by atoms with E-state index in [2.05, 4.69) is 26.5 Å².